The lowest BCUT2D eigenvalue weighted by atomic mass is 10.5. The van der Waals surface area contributed by atoms with Crippen molar-refractivity contribution in [2.75, 3.05) is 0 Å². The molecule has 3 N–H and O–H groups in total. The molecule has 1 fully saturated rings. The van der Waals surface area contributed by atoms with Crippen molar-refractivity contribution < 1.29 is 4.79 Å². The van der Waals surface area contributed by atoms with Gasteiger partial charge in [-0.1, -0.05) is 0 Å². The molecule has 1 aliphatic carbocycles. The molecule has 64 valence electrons. The number of carbonyl (C=O) groups excluding carboxylic acids is 1. The molecule has 0 saturated heterocycles. The Kier molecular flexibility index (Phi) is 1.58. The van der Waals surface area contributed by atoms with Gasteiger partial charge in [0.25, 0.3) is 0 Å². The first kappa shape index (κ1) is 7.30. The minimum atomic E-state index is -0.327. The molecule has 12 heavy (non-hydrogen) atoms. The lowest BCUT2D eigenvalue weighted by molar-refractivity contribution is 0.0938. The fraction of sp³-hybridized carbons (Fsp3) is 0.429. The third kappa shape index (κ3) is 1.08. The highest BCUT2D eigenvalue weighted by Crippen LogP contribution is 2.35. The van der Waals surface area contributed by atoms with Crippen LogP contribution in [0, 0.1) is 0 Å². The van der Waals surface area contributed by atoms with Crippen molar-refractivity contribution in [2.24, 2.45) is 5.84 Å². The van der Waals surface area contributed by atoms with E-state index in [4.69, 9.17) is 5.84 Å². The maximum absolute atomic E-state index is 11.1. The predicted octanol–water partition coefficient (Wildman–Crippen LogP) is -0.179. The van der Waals surface area contributed by atoms with Crippen molar-refractivity contribution in [3.63, 3.8) is 0 Å². The topological polar surface area (TPSA) is 72.9 Å². The van der Waals surface area contributed by atoms with E-state index < -0.39 is 0 Å². The number of nitrogens with one attached hydrogen (secondary N) is 1. The summed E-state index contributed by atoms with van der Waals surface area (Å²) in [6.45, 7) is 0. The molecule has 0 atom stereocenters. The van der Waals surface area contributed by atoms with E-state index in [2.05, 4.69) is 10.4 Å². The average molecular weight is 166 g/mol. The van der Waals surface area contributed by atoms with Crippen LogP contribution < -0.4 is 11.3 Å². The third-order valence-electron chi connectivity index (χ3n) is 1.94. The van der Waals surface area contributed by atoms with E-state index >= 15 is 0 Å². The van der Waals surface area contributed by atoms with E-state index in [9.17, 15) is 4.79 Å². The Morgan fingerprint density at radius 1 is 1.75 bits per heavy atom. The zero-order valence-electron chi connectivity index (χ0n) is 6.53. The molecular formula is C7H10N4O. The summed E-state index contributed by atoms with van der Waals surface area (Å²) in [5, 5.41) is 0. The molecule has 0 aliphatic heterocycles. The largest absolute Gasteiger partial charge is 0.324 e. The van der Waals surface area contributed by atoms with Gasteiger partial charge in [0, 0.05) is 18.4 Å². The highest BCUT2D eigenvalue weighted by molar-refractivity contribution is 5.90. The van der Waals surface area contributed by atoms with Crippen molar-refractivity contribution in [3.8, 4) is 0 Å². The molecule has 5 heteroatoms. The molecule has 0 bridgehead atoms. The summed E-state index contributed by atoms with van der Waals surface area (Å²) >= 11 is 0. The first-order valence-electron chi connectivity index (χ1n) is 3.86. The molecule has 2 rings (SSSR count). The Balaban J connectivity index is 2.29. The van der Waals surface area contributed by atoms with Crippen molar-refractivity contribution >= 4 is 5.91 Å². The number of hydrogen-bond acceptors (Lipinski definition) is 3. The van der Waals surface area contributed by atoms with E-state index in [1.807, 2.05) is 10.8 Å². The Bertz CT molecular complexity index is 302. The summed E-state index contributed by atoms with van der Waals surface area (Å²) in [6.07, 6.45) is 5.67. The molecule has 0 radical (unpaired) electrons. The number of aromatic nitrogens is 2. The highest BCUT2D eigenvalue weighted by Gasteiger charge is 2.27. The van der Waals surface area contributed by atoms with Gasteiger partial charge in [-0.3, -0.25) is 10.2 Å². The second-order valence-corrected chi connectivity index (χ2v) is 2.86. The molecule has 1 aromatic heterocycles. The van der Waals surface area contributed by atoms with Gasteiger partial charge in [-0.2, -0.15) is 0 Å². The van der Waals surface area contributed by atoms with Crippen LogP contribution in [0.25, 0.3) is 0 Å². The standard InChI is InChI=1S/C7H10N4O/c8-10-7(12)6-9-3-4-11(6)5-1-2-5/h3-5H,1-2,8H2,(H,10,12). The summed E-state index contributed by atoms with van der Waals surface area (Å²) < 4.78 is 1.86. The van der Waals surface area contributed by atoms with Crippen LogP contribution in [0.4, 0.5) is 0 Å². The molecule has 5 nitrogen and oxygen atoms in total. The number of nitrogens with zero attached hydrogens (tertiary/aromatic N) is 2. The Labute approximate surface area is 69.5 Å². The normalized spacial score (nSPS) is 16.1. The van der Waals surface area contributed by atoms with Gasteiger partial charge < -0.3 is 4.57 Å². The van der Waals surface area contributed by atoms with Gasteiger partial charge in [-0.15, -0.1) is 0 Å². The highest BCUT2D eigenvalue weighted by atomic mass is 16.2. The maximum atomic E-state index is 11.1. The second-order valence-electron chi connectivity index (χ2n) is 2.86. The summed E-state index contributed by atoms with van der Waals surface area (Å²) in [5.74, 6) is 5.08. The fourth-order valence-electron chi connectivity index (χ4n) is 1.20. The number of imidazole rings is 1. The van der Waals surface area contributed by atoms with Gasteiger partial charge in [0.1, 0.15) is 0 Å². The number of amides is 1. The number of hydrazine groups is 1. The van der Waals surface area contributed by atoms with Crippen LogP contribution >= 0.6 is 0 Å². The van der Waals surface area contributed by atoms with Crippen LogP contribution in [0.2, 0.25) is 0 Å². The summed E-state index contributed by atoms with van der Waals surface area (Å²) in [4.78, 5) is 15.0. The number of hydrogen-bond donors (Lipinski definition) is 2. The molecular weight excluding hydrogens is 156 g/mol. The van der Waals surface area contributed by atoms with E-state index in [0.717, 1.165) is 12.8 Å². The summed E-state index contributed by atoms with van der Waals surface area (Å²) in [6, 6.07) is 0.458. The number of carbonyl (C=O) groups is 1. The van der Waals surface area contributed by atoms with E-state index in [0.29, 0.717) is 11.9 Å². The minimum Gasteiger partial charge on any atom is -0.324 e. The smallest absolute Gasteiger partial charge is 0.301 e. The molecule has 0 unspecified atom stereocenters. The van der Waals surface area contributed by atoms with Crippen LogP contribution in [0.1, 0.15) is 29.5 Å². The Morgan fingerprint density at radius 2 is 2.50 bits per heavy atom. The Morgan fingerprint density at radius 3 is 3.08 bits per heavy atom. The lowest BCUT2D eigenvalue weighted by Crippen LogP contribution is -2.32. The predicted molar refractivity (Wildman–Crippen MR) is 42.2 cm³/mol. The average Bonchev–Trinajstić information content (AvgIpc) is 2.83. The summed E-state index contributed by atoms with van der Waals surface area (Å²) in [7, 11) is 0. The molecule has 1 saturated carbocycles. The first-order valence-corrected chi connectivity index (χ1v) is 3.86. The number of rotatable bonds is 2. The van der Waals surface area contributed by atoms with Crippen LogP contribution in [-0.2, 0) is 0 Å². The van der Waals surface area contributed by atoms with Crippen molar-refractivity contribution in [3.05, 3.63) is 18.2 Å². The first-order chi connectivity index (χ1) is 5.83. The van der Waals surface area contributed by atoms with Gasteiger partial charge in [0.15, 0.2) is 0 Å². The molecule has 1 heterocycles. The van der Waals surface area contributed by atoms with Crippen molar-refractivity contribution in [2.45, 2.75) is 18.9 Å². The Hall–Kier alpha value is -1.36. The van der Waals surface area contributed by atoms with Crippen LogP contribution in [-0.4, -0.2) is 15.5 Å². The van der Waals surface area contributed by atoms with Gasteiger partial charge in [-0.25, -0.2) is 10.8 Å². The monoisotopic (exact) mass is 166 g/mol. The molecule has 1 amide bonds. The summed E-state index contributed by atoms with van der Waals surface area (Å²) in [5.41, 5.74) is 2.07. The van der Waals surface area contributed by atoms with Crippen molar-refractivity contribution in [1.82, 2.24) is 15.0 Å². The molecule has 0 spiro atoms. The fourth-order valence-corrected chi connectivity index (χ4v) is 1.20. The quantitative estimate of drug-likeness (QED) is 0.363. The van der Waals surface area contributed by atoms with Crippen LogP contribution in [0.3, 0.4) is 0 Å². The molecule has 1 aliphatic rings. The van der Waals surface area contributed by atoms with Gasteiger partial charge in [0.2, 0.25) is 5.82 Å². The van der Waals surface area contributed by atoms with Gasteiger partial charge >= 0.3 is 5.91 Å². The molecule has 1 aromatic rings. The minimum absolute atomic E-state index is 0.327. The third-order valence-corrected chi connectivity index (χ3v) is 1.94. The van der Waals surface area contributed by atoms with Gasteiger partial charge in [-0.05, 0) is 12.8 Å². The number of nitrogens with two attached hydrogens (primary N) is 1. The second kappa shape index (κ2) is 2.60. The van der Waals surface area contributed by atoms with Gasteiger partial charge in [0.05, 0.1) is 0 Å². The number of nitrogen functional groups attached to an aromatic ring is 1. The lowest BCUT2D eigenvalue weighted by Gasteiger charge is -2.02. The maximum Gasteiger partial charge on any atom is 0.301 e. The van der Waals surface area contributed by atoms with E-state index in [1.165, 1.54) is 0 Å². The van der Waals surface area contributed by atoms with Crippen LogP contribution in [0.5, 0.6) is 0 Å². The zero-order chi connectivity index (χ0) is 8.55. The van der Waals surface area contributed by atoms with Crippen molar-refractivity contribution in [1.29, 1.82) is 0 Å². The molecule has 0 aromatic carbocycles. The van der Waals surface area contributed by atoms with Crippen LogP contribution in [0.15, 0.2) is 12.4 Å². The van der Waals surface area contributed by atoms with E-state index in [-0.39, 0.29) is 5.91 Å². The SMILES string of the molecule is NNC(=O)c1nccn1C1CC1. The zero-order valence-corrected chi connectivity index (χ0v) is 6.53. The van der Waals surface area contributed by atoms with E-state index in [1.54, 1.807) is 6.20 Å².